The highest BCUT2D eigenvalue weighted by Crippen LogP contribution is 2.22. The van der Waals surface area contributed by atoms with Crippen molar-refractivity contribution in [1.29, 1.82) is 0 Å². The zero-order valence-corrected chi connectivity index (χ0v) is 15.4. The number of nitrogens with one attached hydrogen (secondary N) is 1. The van der Waals surface area contributed by atoms with E-state index in [9.17, 15) is 4.79 Å². The van der Waals surface area contributed by atoms with Crippen LogP contribution >= 0.6 is 0 Å². The van der Waals surface area contributed by atoms with Gasteiger partial charge in [-0.1, -0.05) is 77.6 Å². The molecule has 0 saturated carbocycles. The Kier molecular flexibility index (Phi) is 8.01. The van der Waals surface area contributed by atoms with Gasteiger partial charge in [-0.25, -0.2) is 5.43 Å². The van der Waals surface area contributed by atoms with Crippen molar-refractivity contribution < 1.29 is 4.79 Å². The van der Waals surface area contributed by atoms with Gasteiger partial charge in [-0.2, -0.15) is 5.10 Å². The molecule has 23 heavy (non-hydrogen) atoms. The van der Waals surface area contributed by atoms with E-state index >= 15 is 0 Å². The number of carbonyl (C=O) groups excluding carboxylic acids is 1. The number of unbranched alkanes of at least 4 members (excludes halogenated alkanes) is 4. The molecule has 1 rings (SSSR count). The van der Waals surface area contributed by atoms with Gasteiger partial charge < -0.3 is 0 Å². The molecule has 1 aromatic carbocycles. The van der Waals surface area contributed by atoms with Crippen molar-refractivity contribution in [2.45, 2.75) is 78.6 Å². The fourth-order valence-electron chi connectivity index (χ4n) is 2.37. The number of amides is 1. The van der Waals surface area contributed by atoms with Crippen LogP contribution in [-0.2, 0) is 10.2 Å². The van der Waals surface area contributed by atoms with Crippen LogP contribution in [0.2, 0.25) is 0 Å². The molecule has 0 radical (unpaired) electrons. The second-order valence-electron chi connectivity index (χ2n) is 7.22. The molecule has 0 saturated heterocycles. The van der Waals surface area contributed by atoms with E-state index in [4.69, 9.17) is 0 Å². The molecule has 1 N–H and O–H groups in total. The zero-order chi connectivity index (χ0) is 17.3. The second kappa shape index (κ2) is 9.49. The van der Waals surface area contributed by atoms with E-state index in [0.717, 1.165) is 24.1 Å². The van der Waals surface area contributed by atoms with E-state index in [1.165, 1.54) is 24.8 Å². The third kappa shape index (κ3) is 7.45. The van der Waals surface area contributed by atoms with Crippen LogP contribution in [0.3, 0.4) is 0 Å². The molecular formula is C20H32N2O. The summed E-state index contributed by atoms with van der Waals surface area (Å²) in [5.41, 5.74) is 5.99. The van der Waals surface area contributed by atoms with Gasteiger partial charge >= 0.3 is 0 Å². The Hall–Kier alpha value is -1.64. The van der Waals surface area contributed by atoms with Crippen molar-refractivity contribution in [2.75, 3.05) is 0 Å². The Labute approximate surface area is 141 Å². The molecule has 0 bridgehead atoms. The topological polar surface area (TPSA) is 41.5 Å². The minimum Gasteiger partial charge on any atom is -0.273 e. The summed E-state index contributed by atoms with van der Waals surface area (Å²) in [4.78, 5) is 11.8. The maximum Gasteiger partial charge on any atom is 0.240 e. The fourth-order valence-corrected chi connectivity index (χ4v) is 2.37. The SMILES string of the molecule is CCCCCCCC(=O)NN=C(C)c1ccc(C(C)(C)C)cc1. The van der Waals surface area contributed by atoms with Gasteiger partial charge in [0.1, 0.15) is 0 Å². The first kappa shape index (κ1) is 19.4. The summed E-state index contributed by atoms with van der Waals surface area (Å²) < 4.78 is 0. The minimum atomic E-state index is 0.00663. The van der Waals surface area contributed by atoms with Crippen molar-refractivity contribution in [1.82, 2.24) is 5.43 Å². The average molecular weight is 316 g/mol. The predicted octanol–water partition coefficient (Wildman–Crippen LogP) is 5.18. The summed E-state index contributed by atoms with van der Waals surface area (Å²) >= 11 is 0. The Morgan fingerprint density at radius 3 is 2.22 bits per heavy atom. The Morgan fingerprint density at radius 1 is 1.04 bits per heavy atom. The van der Waals surface area contributed by atoms with Crippen LogP contribution in [0.25, 0.3) is 0 Å². The van der Waals surface area contributed by atoms with Crippen molar-refractivity contribution >= 4 is 11.6 Å². The van der Waals surface area contributed by atoms with Gasteiger partial charge in [0.25, 0.3) is 0 Å². The minimum absolute atomic E-state index is 0.00663. The lowest BCUT2D eigenvalue weighted by Crippen LogP contribution is -2.19. The van der Waals surface area contributed by atoms with E-state index in [1.807, 2.05) is 6.92 Å². The molecule has 0 aromatic heterocycles. The Morgan fingerprint density at radius 2 is 1.65 bits per heavy atom. The predicted molar refractivity (Wildman–Crippen MR) is 98.9 cm³/mol. The quantitative estimate of drug-likeness (QED) is 0.400. The highest BCUT2D eigenvalue weighted by Gasteiger charge is 2.13. The number of hydrogen-bond donors (Lipinski definition) is 1. The molecule has 0 aliphatic rings. The van der Waals surface area contributed by atoms with Crippen molar-refractivity contribution in [2.24, 2.45) is 5.10 Å². The van der Waals surface area contributed by atoms with Crippen molar-refractivity contribution in [3.8, 4) is 0 Å². The smallest absolute Gasteiger partial charge is 0.240 e. The lowest BCUT2D eigenvalue weighted by Gasteiger charge is -2.19. The number of nitrogens with zero attached hydrogens (tertiary/aromatic N) is 1. The van der Waals surface area contributed by atoms with Gasteiger partial charge in [0.2, 0.25) is 5.91 Å². The third-order valence-corrected chi connectivity index (χ3v) is 4.02. The molecule has 0 atom stereocenters. The Balaban J connectivity index is 2.46. The first-order valence-corrected chi connectivity index (χ1v) is 8.78. The number of hydrogen-bond acceptors (Lipinski definition) is 2. The van der Waals surface area contributed by atoms with Gasteiger partial charge in [0, 0.05) is 6.42 Å². The van der Waals surface area contributed by atoms with Crippen LogP contribution in [0, 0.1) is 0 Å². The van der Waals surface area contributed by atoms with Crippen LogP contribution in [-0.4, -0.2) is 11.6 Å². The molecule has 0 unspecified atom stereocenters. The third-order valence-electron chi connectivity index (χ3n) is 4.02. The molecule has 0 heterocycles. The van der Waals surface area contributed by atoms with Gasteiger partial charge in [0.05, 0.1) is 5.71 Å². The highest BCUT2D eigenvalue weighted by atomic mass is 16.2. The lowest BCUT2D eigenvalue weighted by molar-refractivity contribution is -0.121. The first-order valence-electron chi connectivity index (χ1n) is 8.78. The van der Waals surface area contributed by atoms with Gasteiger partial charge in [-0.05, 0) is 29.9 Å². The molecule has 128 valence electrons. The van der Waals surface area contributed by atoms with Crippen LogP contribution in [0.15, 0.2) is 29.4 Å². The first-order chi connectivity index (χ1) is 10.8. The van der Waals surface area contributed by atoms with E-state index in [2.05, 4.69) is 62.5 Å². The highest BCUT2D eigenvalue weighted by molar-refractivity contribution is 5.99. The van der Waals surface area contributed by atoms with Gasteiger partial charge in [0.15, 0.2) is 0 Å². The molecule has 0 spiro atoms. The molecule has 1 amide bonds. The van der Waals surface area contributed by atoms with E-state index < -0.39 is 0 Å². The van der Waals surface area contributed by atoms with Crippen LogP contribution in [0.1, 0.15) is 84.3 Å². The lowest BCUT2D eigenvalue weighted by atomic mass is 9.86. The monoisotopic (exact) mass is 316 g/mol. The summed E-state index contributed by atoms with van der Waals surface area (Å²) in [5.74, 6) is 0.00663. The van der Waals surface area contributed by atoms with Crippen molar-refractivity contribution in [3.63, 3.8) is 0 Å². The molecule has 1 aromatic rings. The molecule has 3 nitrogen and oxygen atoms in total. The van der Waals surface area contributed by atoms with Crippen molar-refractivity contribution in [3.05, 3.63) is 35.4 Å². The standard InChI is InChI=1S/C20H32N2O/c1-6-7-8-9-10-11-19(23)22-21-16(2)17-12-14-18(15-13-17)20(3,4)5/h12-15H,6-11H2,1-5H3,(H,22,23). The van der Waals surface area contributed by atoms with Crippen LogP contribution in [0.5, 0.6) is 0 Å². The van der Waals surface area contributed by atoms with Gasteiger partial charge in [-0.15, -0.1) is 0 Å². The fraction of sp³-hybridized carbons (Fsp3) is 0.600. The number of rotatable bonds is 8. The summed E-state index contributed by atoms with van der Waals surface area (Å²) in [6.45, 7) is 10.7. The van der Waals surface area contributed by atoms with E-state index in [1.54, 1.807) is 0 Å². The molecule has 3 heteroatoms. The molecule has 0 fully saturated rings. The average Bonchev–Trinajstić information content (AvgIpc) is 2.51. The van der Waals surface area contributed by atoms with Crippen LogP contribution in [0.4, 0.5) is 0 Å². The summed E-state index contributed by atoms with van der Waals surface area (Å²) in [7, 11) is 0. The molecule has 0 aliphatic carbocycles. The molecule has 0 aliphatic heterocycles. The van der Waals surface area contributed by atoms with E-state index in [0.29, 0.717) is 6.42 Å². The number of carbonyl (C=O) groups is 1. The summed E-state index contributed by atoms with van der Waals surface area (Å²) in [5, 5.41) is 4.22. The maximum absolute atomic E-state index is 11.8. The maximum atomic E-state index is 11.8. The molecular weight excluding hydrogens is 284 g/mol. The summed E-state index contributed by atoms with van der Waals surface area (Å²) in [6.07, 6.45) is 6.32. The van der Waals surface area contributed by atoms with Crippen LogP contribution < -0.4 is 5.43 Å². The normalized spacial score (nSPS) is 12.3. The second-order valence-corrected chi connectivity index (χ2v) is 7.22. The number of hydrazone groups is 1. The largest absolute Gasteiger partial charge is 0.273 e. The van der Waals surface area contributed by atoms with E-state index in [-0.39, 0.29) is 11.3 Å². The number of benzene rings is 1. The van der Waals surface area contributed by atoms with Gasteiger partial charge in [-0.3, -0.25) is 4.79 Å². The summed E-state index contributed by atoms with van der Waals surface area (Å²) in [6, 6.07) is 8.39. The Bertz CT molecular complexity index is 509. The zero-order valence-electron chi connectivity index (χ0n) is 15.4.